The molecule has 1 saturated carbocycles. The Hall–Kier alpha value is -1.91. The first kappa shape index (κ1) is 12.5. The molecule has 96 valence electrons. The predicted molar refractivity (Wildman–Crippen MR) is 71.8 cm³/mol. The Morgan fingerprint density at radius 3 is 3.00 bits per heavy atom. The fourth-order valence-electron chi connectivity index (χ4n) is 2.35. The number of rotatable bonds is 4. The minimum Gasteiger partial charge on any atom is -0.272 e. The highest BCUT2D eigenvalue weighted by atomic mass is 16.6. The first-order valence-electron chi connectivity index (χ1n) is 6.28. The van der Waals surface area contributed by atoms with Crippen LogP contribution >= 0.6 is 0 Å². The van der Waals surface area contributed by atoms with Crippen molar-refractivity contribution in [1.82, 2.24) is 0 Å². The summed E-state index contributed by atoms with van der Waals surface area (Å²) in [4.78, 5) is 10.5. The van der Waals surface area contributed by atoms with Crippen molar-refractivity contribution < 1.29 is 4.92 Å². The third-order valence-corrected chi connectivity index (χ3v) is 3.37. The zero-order chi connectivity index (χ0) is 13.0. The van der Waals surface area contributed by atoms with Crippen LogP contribution in [-0.2, 0) is 0 Å². The number of anilines is 1. The Kier molecular flexibility index (Phi) is 3.92. The van der Waals surface area contributed by atoms with Crippen LogP contribution in [0.1, 0.15) is 32.6 Å². The Bertz CT molecular complexity index is 471. The molecule has 0 aliphatic heterocycles. The summed E-state index contributed by atoms with van der Waals surface area (Å²) in [5.74, 6) is 0.528. The van der Waals surface area contributed by atoms with E-state index in [9.17, 15) is 10.1 Å². The smallest absolute Gasteiger partial charge is 0.272 e. The molecule has 5 heteroatoms. The minimum absolute atomic E-state index is 0.0629. The van der Waals surface area contributed by atoms with Gasteiger partial charge in [-0.3, -0.25) is 15.5 Å². The van der Waals surface area contributed by atoms with Crippen LogP contribution in [0.2, 0.25) is 0 Å². The van der Waals surface area contributed by atoms with Gasteiger partial charge in [0.05, 0.1) is 4.92 Å². The van der Waals surface area contributed by atoms with Gasteiger partial charge < -0.3 is 0 Å². The molecule has 0 radical (unpaired) electrons. The van der Waals surface area contributed by atoms with E-state index in [0.29, 0.717) is 11.6 Å². The molecule has 1 fully saturated rings. The third-order valence-electron chi connectivity index (χ3n) is 3.37. The molecule has 0 heterocycles. The number of para-hydroxylation sites is 2. The monoisotopic (exact) mass is 247 g/mol. The lowest BCUT2D eigenvalue weighted by Crippen LogP contribution is -2.08. The number of nitro groups is 1. The second-order valence-corrected chi connectivity index (χ2v) is 4.49. The fraction of sp³-hybridized carbons (Fsp3) is 0.462. The average Bonchev–Trinajstić information content (AvgIpc) is 2.84. The minimum atomic E-state index is -0.394. The molecule has 1 N–H and O–H groups in total. The highest BCUT2D eigenvalue weighted by Gasteiger charge is 2.21. The molecular weight excluding hydrogens is 230 g/mol. The quantitative estimate of drug-likeness (QED) is 0.653. The first-order valence-corrected chi connectivity index (χ1v) is 6.28. The van der Waals surface area contributed by atoms with Crippen molar-refractivity contribution in [2.45, 2.75) is 32.6 Å². The van der Waals surface area contributed by atoms with Crippen LogP contribution in [-0.4, -0.2) is 10.6 Å². The highest BCUT2D eigenvalue weighted by molar-refractivity contribution is 5.89. The largest absolute Gasteiger partial charge is 0.294 e. The number of nitro benzene ring substituents is 1. The third kappa shape index (κ3) is 2.67. The van der Waals surface area contributed by atoms with E-state index >= 15 is 0 Å². The van der Waals surface area contributed by atoms with Crippen LogP contribution in [0.5, 0.6) is 0 Å². The Morgan fingerprint density at radius 1 is 1.50 bits per heavy atom. The molecule has 0 spiro atoms. The van der Waals surface area contributed by atoms with E-state index in [-0.39, 0.29) is 5.69 Å². The standard InChI is InChI=1S/C13H17N3O2/c1-2-10-6-5-8-11(10)14-15-12-7-3-4-9-13(12)16(17)18/h3-4,7,9-10,15H,2,5-6,8H2,1H3/b14-11+. The van der Waals surface area contributed by atoms with E-state index in [1.807, 2.05) is 0 Å². The van der Waals surface area contributed by atoms with Gasteiger partial charge in [0.15, 0.2) is 0 Å². The lowest BCUT2D eigenvalue weighted by molar-refractivity contribution is -0.384. The van der Waals surface area contributed by atoms with Crippen molar-refractivity contribution in [3.05, 3.63) is 34.4 Å². The summed E-state index contributed by atoms with van der Waals surface area (Å²) in [7, 11) is 0. The number of hydrazone groups is 1. The molecular formula is C13H17N3O2. The lowest BCUT2D eigenvalue weighted by atomic mass is 10.0. The van der Waals surface area contributed by atoms with Gasteiger partial charge in [-0.15, -0.1) is 0 Å². The van der Waals surface area contributed by atoms with Crippen LogP contribution in [0.15, 0.2) is 29.4 Å². The molecule has 1 atom stereocenters. The fourth-order valence-corrected chi connectivity index (χ4v) is 2.35. The first-order chi connectivity index (χ1) is 8.72. The summed E-state index contributed by atoms with van der Waals surface area (Å²) in [5, 5.41) is 15.2. The zero-order valence-corrected chi connectivity index (χ0v) is 10.4. The average molecular weight is 247 g/mol. The van der Waals surface area contributed by atoms with Gasteiger partial charge >= 0.3 is 0 Å². The van der Waals surface area contributed by atoms with Crippen LogP contribution in [0.4, 0.5) is 11.4 Å². The molecule has 0 saturated heterocycles. The van der Waals surface area contributed by atoms with Gasteiger partial charge in [0.2, 0.25) is 0 Å². The Balaban J connectivity index is 2.15. The van der Waals surface area contributed by atoms with E-state index in [1.165, 1.54) is 12.5 Å². The number of benzene rings is 1. The second-order valence-electron chi connectivity index (χ2n) is 4.49. The molecule has 0 aromatic heterocycles. The molecule has 0 amide bonds. The molecule has 2 rings (SSSR count). The Labute approximate surface area is 106 Å². The molecule has 1 aromatic carbocycles. The van der Waals surface area contributed by atoms with Crippen molar-refractivity contribution in [3.8, 4) is 0 Å². The van der Waals surface area contributed by atoms with Gasteiger partial charge in [0.1, 0.15) is 5.69 Å². The van der Waals surface area contributed by atoms with Crippen LogP contribution in [0, 0.1) is 16.0 Å². The predicted octanol–water partition coefficient (Wildman–Crippen LogP) is 3.57. The molecule has 18 heavy (non-hydrogen) atoms. The number of hydrogen-bond acceptors (Lipinski definition) is 4. The summed E-state index contributed by atoms with van der Waals surface area (Å²) in [6, 6.07) is 6.58. The SMILES string of the molecule is CCC1CCC/C1=N\Nc1ccccc1[N+](=O)[O-]. The molecule has 1 unspecified atom stereocenters. The van der Waals surface area contributed by atoms with Crippen molar-refractivity contribution in [3.63, 3.8) is 0 Å². The zero-order valence-electron chi connectivity index (χ0n) is 10.4. The normalized spacial score (nSPS) is 21.2. The van der Waals surface area contributed by atoms with E-state index < -0.39 is 4.92 Å². The molecule has 5 nitrogen and oxygen atoms in total. The van der Waals surface area contributed by atoms with Gasteiger partial charge in [-0.05, 0) is 37.7 Å². The van der Waals surface area contributed by atoms with Crippen molar-refractivity contribution in [2.75, 3.05) is 5.43 Å². The second kappa shape index (κ2) is 5.62. The number of hydrogen-bond donors (Lipinski definition) is 1. The summed E-state index contributed by atoms with van der Waals surface area (Å²) < 4.78 is 0. The number of nitrogens with one attached hydrogen (secondary N) is 1. The van der Waals surface area contributed by atoms with Gasteiger partial charge in [0, 0.05) is 11.8 Å². The summed E-state index contributed by atoms with van der Waals surface area (Å²) >= 11 is 0. The van der Waals surface area contributed by atoms with Gasteiger partial charge in [-0.1, -0.05) is 19.1 Å². The Morgan fingerprint density at radius 2 is 2.28 bits per heavy atom. The van der Waals surface area contributed by atoms with Crippen molar-refractivity contribution in [2.24, 2.45) is 11.0 Å². The van der Waals surface area contributed by atoms with E-state index in [2.05, 4.69) is 17.5 Å². The van der Waals surface area contributed by atoms with Crippen LogP contribution in [0.25, 0.3) is 0 Å². The van der Waals surface area contributed by atoms with Gasteiger partial charge in [-0.2, -0.15) is 5.10 Å². The maximum absolute atomic E-state index is 10.9. The summed E-state index contributed by atoms with van der Waals surface area (Å²) in [6.07, 6.45) is 4.41. The highest BCUT2D eigenvalue weighted by Crippen LogP contribution is 2.27. The number of nitrogens with zero attached hydrogens (tertiary/aromatic N) is 2. The van der Waals surface area contributed by atoms with Crippen LogP contribution < -0.4 is 5.43 Å². The maximum Gasteiger partial charge on any atom is 0.294 e. The maximum atomic E-state index is 10.9. The van der Waals surface area contributed by atoms with E-state index in [1.54, 1.807) is 18.2 Å². The van der Waals surface area contributed by atoms with Crippen molar-refractivity contribution in [1.29, 1.82) is 0 Å². The molecule has 0 bridgehead atoms. The van der Waals surface area contributed by atoms with Crippen molar-refractivity contribution >= 4 is 17.1 Å². The summed E-state index contributed by atoms with van der Waals surface area (Å²) in [6.45, 7) is 2.15. The molecule has 1 aliphatic carbocycles. The lowest BCUT2D eigenvalue weighted by Gasteiger charge is -2.08. The van der Waals surface area contributed by atoms with Gasteiger partial charge in [0.25, 0.3) is 5.69 Å². The van der Waals surface area contributed by atoms with E-state index in [0.717, 1.165) is 25.0 Å². The summed E-state index contributed by atoms with van der Waals surface area (Å²) in [5.41, 5.74) is 4.50. The van der Waals surface area contributed by atoms with E-state index in [4.69, 9.17) is 0 Å². The topological polar surface area (TPSA) is 67.5 Å². The van der Waals surface area contributed by atoms with Gasteiger partial charge in [-0.25, -0.2) is 0 Å². The molecule has 1 aliphatic rings. The van der Waals surface area contributed by atoms with Crippen LogP contribution in [0.3, 0.4) is 0 Å². The molecule has 1 aromatic rings.